The van der Waals surface area contributed by atoms with Crippen LogP contribution in [0.2, 0.25) is 0 Å². The maximum Gasteiger partial charge on any atom is 0.159 e. The Bertz CT molecular complexity index is 481. The van der Waals surface area contributed by atoms with Crippen LogP contribution in [-0.4, -0.2) is 33.4 Å². The Morgan fingerprint density at radius 2 is 2.05 bits per heavy atom. The van der Waals surface area contributed by atoms with Crippen LogP contribution < -0.4 is 5.73 Å². The summed E-state index contributed by atoms with van der Waals surface area (Å²) in [5, 5.41) is -0.511. The highest BCUT2D eigenvalue weighted by molar-refractivity contribution is 7.91. The summed E-state index contributed by atoms with van der Waals surface area (Å²) in [4.78, 5) is 0. The topological polar surface area (TPSA) is 69.4 Å². The van der Waals surface area contributed by atoms with Gasteiger partial charge in [-0.1, -0.05) is 30.3 Å². The van der Waals surface area contributed by atoms with Crippen molar-refractivity contribution in [1.82, 2.24) is 0 Å². The molecule has 4 nitrogen and oxygen atoms in total. The molecule has 2 N–H and O–H groups in total. The van der Waals surface area contributed by atoms with Crippen molar-refractivity contribution in [3.8, 4) is 0 Å². The first-order valence-corrected chi connectivity index (χ1v) is 8.43. The van der Waals surface area contributed by atoms with Crippen molar-refractivity contribution in [3.05, 3.63) is 35.9 Å². The summed E-state index contributed by atoms with van der Waals surface area (Å²) in [6.07, 6.45) is 2.10. The van der Waals surface area contributed by atoms with Crippen molar-refractivity contribution in [2.24, 2.45) is 5.73 Å². The third kappa shape index (κ3) is 3.78. The zero-order valence-electron chi connectivity index (χ0n) is 11.0. The van der Waals surface area contributed by atoms with Crippen LogP contribution in [0, 0.1) is 0 Å². The highest BCUT2D eigenvalue weighted by Gasteiger charge is 2.31. The van der Waals surface area contributed by atoms with E-state index in [1.165, 1.54) is 0 Å². The Hall–Kier alpha value is -0.910. The van der Waals surface area contributed by atoms with Crippen LogP contribution in [-0.2, 0) is 14.6 Å². The van der Waals surface area contributed by atoms with Gasteiger partial charge in [-0.15, -0.1) is 0 Å². The van der Waals surface area contributed by atoms with Crippen molar-refractivity contribution >= 4 is 9.84 Å². The van der Waals surface area contributed by atoms with Crippen LogP contribution in [0.3, 0.4) is 0 Å². The molecule has 0 aliphatic carbocycles. The lowest BCUT2D eigenvalue weighted by Crippen LogP contribution is -2.26. The number of ether oxygens (including phenoxy) is 1. The molecule has 5 heteroatoms. The average molecular weight is 283 g/mol. The minimum Gasteiger partial charge on any atom is -0.377 e. The predicted octanol–water partition coefficient (Wildman–Crippen LogP) is 1.67. The van der Waals surface area contributed by atoms with Crippen LogP contribution in [0.5, 0.6) is 0 Å². The Morgan fingerprint density at radius 1 is 1.32 bits per heavy atom. The molecule has 0 amide bonds. The maximum absolute atomic E-state index is 12.5. The van der Waals surface area contributed by atoms with E-state index in [4.69, 9.17) is 10.5 Å². The molecular weight excluding hydrogens is 262 g/mol. The monoisotopic (exact) mass is 283 g/mol. The fourth-order valence-corrected chi connectivity index (χ4v) is 4.60. The van der Waals surface area contributed by atoms with Crippen LogP contribution in [0.25, 0.3) is 0 Å². The molecule has 0 radical (unpaired) electrons. The van der Waals surface area contributed by atoms with E-state index in [2.05, 4.69) is 0 Å². The second kappa shape index (κ2) is 6.50. The zero-order chi connectivity index (χ0) is 13.7. The van der Waals surface area contributed by atoms with E-state index in [1.54, 1.807) is 0 Å². The number of sulfone groups is 1. The third-order valence-corrected chi connectivity index (χ3v) is 5.69. The van der Waals surface area contributed by atoms with E-state index in [0.717, 1.165) is 18.4 Å². The number of hydrogen-bond donors (Lipinski definition) is 1. The molecule has 0 bridgehead atoms. The first-order valence-electron chi connectivity index (χ1n) is 6.71. The first-order chi connectivity index (χ1) is 9.13. The van der Waals surface area contributed by atoms with Gasteiger partial charge in [0.2, 0.25) is 0 Å². The average Bonchev–Trinajstić information content (AvgIpc) is 2.89. The molecule has 2 atom stereocenters. The molecule has 2 unspecified atom stereocenters. The van der Waals surface area contributed by atoms with Gasteiger partial charge in [0, 0.05) is 6.61 Å². The lowest BCUT2D eigenvalue weighted by molar-refractivity contribution is 0.127. The molecule has 1 heterocycles. The van der Waals surface area contributed by atoms with Gasteiger partial charge < -0.3 is 10.5 Å². The molecular formula is C14H21NO3S. The van der Waals surface area contributed by atoms with Crippen molar-refractivity contribution in [3.63, 3.8) is 0 Å². The Labute approximate surface area is 114 Å². The number of hydrogen-bond acceptors (Lipinski definition) is 4. The SMILES string of the molecule is NCCC(c1ccccc1)S(=O)(=O)CC1CCCO1. The summed E-state index contributed by atoms with van der Waals surface area (Å²) in [6.45, 7) is 1.04. The molecule has 1 aliphatic heterocycles. The normalized spacial score (nSPS) is 21.4. The van der Waals surface area contributed by atoms with E-state index in [9.17, 15) is 8.42 Å². The second-order valence-electron chi connectivity index (χ2n) is 4.94. The number of rotatable bonds is 6. The lowest BCUT2D eigenvalue weighted by Gasteiger charge is -2.19. The molecule has 2 rings (SSSR count). The van der Waals surface area contributed by atoms with Crippen molar-refractivity contribution in [1.29, 1.82) is 0 Å². The largest absolute Gasteiger partial charge is 0.377 e. The van der Waals surface area contributed by atoms with Gasteiger partial charge in [-0.3, -0.25) is 0 Å². The van der Waals surface area contributed by atoms with Gasteiger partial charge in [0.15, 0.2) is 9.84 Å². The molecule has 1 aliphatic rings. The zero-order valence-corrected chi connectivity index (χ0v) is 11.8. The van der Waals surface area contributed by atoms with Crippen LogP contribution >= 0.6 is 0 Å². The molecule has 106 valence electrons. The third-order valence-electron chi connectivity index (χ3n) is 3.48. The molecule has 0 aromatic heterocycles. The van der Waals surface area contributed by atoms with E-state index >= 15 is 0 Å². The van der Waals surface area contributed by atoms with Gasteiger partial charge >= 0.3 is 0 Å². The minimum absolute atomic E-state index is 0.104. The van der Waals surface area contributed by atoms with Crippen LogP contribution in [0.4, 0.5) is 0 Å². The van der Waals surface area contributed by atoms with E-state index < -0.39 is 15.1 Å². The van der Waals surface area contributed by atoms with Crippen molar-refractivity contribution < 1.29 is 13.2 Å². The summed E-state index contributed by atoms with van der Waals surface area (Å²) in [6, 6.07) is 9.32. The second-order valence-corrected chi connectivity index (χ2v) is 7.17. The Morgan fingerprint density at radius 3 is 2.63 bits per heavy atom. The summed E-state index contributed by atoms with van der Waals surface area (Å²) >= 11 is 0. The van der Waals surface area contributed by atoms with E-state index in [-0.39, 0.29) is 11.9 Å². The molecule has 1 aromatic rings. The number of benzene rings is 1. The minimum atomic E-state index is -3.23. The standard InChI is InChI=1S/C14H21NO3S/c15-9-8-14(12-5-2-1-3-6-12)19(16,17)11-13-7-4-10-18-13/h1-3,5-6,13-14H,4,7-11,15H2. The Kier molecular flexibility index (Phi) is 4.96. The Balaban J connectivity index is 2.17. The first kappa shape index (κ1) is 14.5. The maximum atomic E-state index is 12.5. The summed E-state index contributed by atoms with van der Waals surface area (Å²) in [5.74, 6) is 0.104. The van der Waals surface area contributed by atoms with Gasteiger partial charge in [-0.2, -0.15) is 0 Å². The number of nitrogens with two attached hydrogens (primary N) is 1. The van der Waals surface area contributed by atoms with Crippen LogP contribution in [0.15, 0.2) is 30.3 Å². The smallest absolute Gasteiger partial charge is 0.159 e. The molecule has 0 saturated carbocycles. The van der Waals surface area contributed by atoms with Gasteiger partial charge in [-0.05, 0) is 31.4 Å². The van der Waals surface area contributed by atoms with Gasteiger partial charge in [0.25, 0.3) is 0 Å². The summed E-state index contributed by atoms with van der Waals surface area (Å²) in [5.41, 5.74) is 6.40. The summed E-state index contributed by atoms with van der Waals surface area (Å²) in [7, 11) is -3.23. The highest BCUT2D eigenvalue weighted by atomic mass is 32.2. The lowest BCUT2D eigenvalue weighted by atomic mass is 10.1. The highest BCUT2D eigenvalue weighted by Crippen LogP contribution is 2.28. The van der Waals surface area contributed by atoms with Crippen molar-refractivity contribution in [2.45, 2.75) is 30.6 Å². The van der Waals surface area contributed by atoms with Gasteiger partial charge in [-0.25, -0.2) is 8.42 Å². The van der Waals surface area contributed by atoms with Gasteiger partial charge in [0.05, 0.1) is 17.1 Å². The van der Waals surface area contributed by atoms with Crippen LogP contribution in [0.1, 0.15) is 30.1 Å². The molecule has 0 spiro atoms. The molecule has 1 saturated heterocycles. The molecule has 1 aromatic carbocycles. The predicted molar refractivity (Wildman–Crippen MR) is 75.6 cm³/mol. The fourth-order valence-electron chi connectivity index (χ4n) is 2.52. The van der Waals surface area contributed by atoms with E-state index in [1.807, 2.05) is 30.3 Å². The quantitative estimate of drug-likeness (QED) is 0.862. The fraction of sp³-hybridized carbons (Fsp3) is 0.571. The van der Waals surface area contributed by atoms with Crippen molar-refractivity contribution in [2.75, 3.05) is 18.9 Å². The summed E-state index contributed by atoms with van der Waals surface area (Å²) < 4.78 is 30.5. The van der Waals surface area contributed by atoms with Gasteiger partial charge in [0.1, 0.15) is 0 Å². The molecule has 19 heavy (non-hydrogen) atoms. The molecule has 1 fully saturated rings. The van der Waals surface area contributed by atoms with E-state index in [0.29, 0.717) is 19.6 Å².